The van der Waals surface area contributed by atoms with Gasteiger partial charge in [-0.2, -0.15) is 0 Å². The standard InChI is InChI=1S/C17H24N2O2S/c1-12-6-7-15(22-12)8-9-18-17(21)13-10-16(20)19(11-13)14-4-2-3-5-14/h6-7,13-14H,2-5,8-11H2,1H3,(H,18,21)/t13-/m0/s1. The predicted octanol–water partition coefficient (Wildman–Crippen LogP) is 2.51. The fraction of sp³-hybridized carbons (Fsp3) is 0.647. The summed E-state index contributed by atoms with van der Waals surface area (Å²) in [6.45, 7) is 3.37. The van der Waals surface area contributed by atoms with E-state index in [0.717, 1.165) is 19.3 Å². The van der Waals surface area contributed by atoms with Gasteiger partial charge in [0.2, 0.25) is 11.8 Å². The molecule has 4 nitrogen and oxygen atoms in total. The Morgan fingerprint density at radius 1 is 1.36 bits per heavy atom. The number of carbonyl (C=O) groups is 2. The van der Waals surface area contributed by atoms with Crippen LogP contribution >= 0.6 is 11.3 Å². The van der Waals surface area contributed by atoms with Crippen molar-refractivity contribution in [2.45, 2.75) is 51.5 Å². The van der Waals surface area contributed by atoms with Crippen LogP contribution in [0.4, 0.5) is 0 Å². The third-order valence-electron chi connectivity index (χ3n) is 4.76. The Morgan fingerprint density at radius 2 is 2.14 bits per heavy atom. The van der Waals surface area contributed by atoms with E-state index in [1.165, 1.54) is 22.6 Å². The molecule has 3 rings (SSSR count). The van der Waals surface area contributed by atoms with Crippen LogP contribution in [0, 0.1) is 12.8 Å². The first-order chi connectivity index (χ1) is 10.6. The second-order valence-electron chi connectivity index (χ2n) is 6.44. The van der Waals surface area contributed by atoms with Crippen LogP contribution in [0.1, 0.15) is 41.9 Å². The summed E-state index contributed by atoms with van der Waals surface area (Å²) < 4.78 is 0. The van der Waals surface area contributed by atoms with Gasteiger partial charge in [-0.1, -0.05) is 12.8 Å². The molecule has 1 aliphatic carbocycles. The Bertz CT molecular complexity index is 549. The molecule has 1 aliphatic heterocycles. The van der Waals surface area contributed by atoms with Gasteiger partial charge in [-0.05, 0) is 38.3 Å². The van der Waals surface area contributed by atoms with Crippen LogP contribution in [0.2, 0.25) is 0 Å². The summed E-state index contributed by atoms with van der Waals surface area (Å²) >= 11 is 1.78. The minimum Gasteiger partial charge on any atom is -0.355 e. The molecule has 2 amide bonds. The molecule has 1 atom stereocenters. The van der Waals surface area contributed by atoms with Gasteiger partial charge in [-0.25, -0.2) is 0 Å². The third-order valence-corrected chi connectivity index (χ3v) is 5.82. The maximum atomic E-state index is 12.3. The van der Waals surface area contributed by atoms with Crippen LogP contribution in [0.15, 0.2) is 12.1 Å². The van der Waals surface area contributed by atoms with Gasteiger partial charge < -0.3 is 10.2 Å². The Hall–Kier alpha value is -1.36. The number of nitrogens with one attached hydrogen (secondary N) is 1. The minimum absolute atomic E-state index is 0.0436. The van der Waals surface area contributed by atoms with Crippen LogP contribution in [0.5, 0.6) is 0 Å². The number of nitrogens with zero attached hydrogens (tertiary/aromatic N) is 1. The van der Waals surface area contributed by atoms with Crippen LogP contribution in [-0.4, -0.2) is 35.8 Å². The van der Waals surface area contributed by atoms with E-state index in [9.17, 15) is 9.59 Å². The van der Waals surface area contributed by atoms with Crippen molar-refractivity contribution in [2.24, 2.45) is 5.92 Å². The first kappa shape index (κ1) is 15.5. The zero-order chi connectivity index (χ0) is 15.5. The summed E-state index contributed by atoms with van der Waals surface area (Å²) in [4.78, 5) is 28.9. The monoisotopic (exact) mass is 320 g/mol. The largest absolute Gasteiger partial charge is 0.355 e. The number of amides is 2. The van der Waals surface area contributed by atoms with Crippen molar-refractivity contribution < 1.29 is 9.59 Å². The zero-order valence-electron chi connectivity index (χ0n) is 13.1. The molecule has 1 saturated carbocycles. The molecule has 120 valence electrons. The summed E-state index contributed by atoms with van der Waals surface area (Å²) in [6, 6.07) is 4.61. The van der Waals surface area contributed by atoms with Crippen LogP contribution < -0.4 is 5.32 Å². The lowest BCUT2D eigenvalue weighted by Crippen LogP contribution is -2.37. The van der Waals surface area contributed by atoms with Gasteiger partial charge in [0.25, 0.3) is 0 Å². The Kier molecular flexibility index (Phi) is 4.81. The predicted molar refractivity (Wildman–Crippen MR) is 87.8 cm³/mol. The molecule has 1 saturated heterocycles. The van der Waals surface area contributed by atoms with Crippen molar-refractivity contribution in [3.8, 4) is 0 Å². The van der Waals surface area contributed by atoms with Crippen molar-refractivity contribution in [2.75, 3.05) is 13.1 Å². The summed E-state index contributed by atoms with van der Waals surface area (Å²) in [7, 11) is 0. The normalized spacial score (nSPS) is 22.5. The summed E-state index contributed by atoms with van der Waals surface area (Å²) in [5.41, 5.74) is 0. The number of carbonyl (C=O) groups excluding carboxylic acids is 2. The molecule has 22 heavy (non-hydrogen) atoms. The maximum absolute atomic E-state index is 12.3. The number of thiophene rings is 1. The van der Waals surface area contributed by atoms with Crippen molar-refractivity contribution in [1.82, 2.24) is 10.2 Å². The second kappa shape index (κ2) is 6.82. The van der Waals surface area contributed by atoms with Gasteiger partial charge in [0.15, 0.2) is 0 Å². The minimum atomic E-state index is -0.154. The highest BCUT2D eigenvalue weighted by atomic mass is 32.1. The van der Waals surface area contributed by atoms with Gasteiger partial charge in [-0.15, -0.1) is 11.3 Å². The molecule has 1 aromatic heterocycles. The lowest BCUT2D eigenvalue weighted by Gasteiger charge is -2.23. The van der Waals surface area contributed by atoms with Crippen molar-refractivity contribution >= 4 is 23.2 Å². The van der Waals surface area contributed by atoms with Crippen molar-refractivity contribution in [3.05, 3.63) is 21.9 Å². The fourth-order valence-electron chi connectivity index (χ4n) is 3.55. The highest BCUT2D eigenvalue weighted by Gasteiger charge is 2.38. The maximum Gasteiger partial charge on any atom is 0.225 e. The highest BCUT2D eigenvalue weighted by molar-refractivity contribution is 7.11. The Morgan fingerprint density at radius 3 is 2.82 bits per heavy atom. The molecule has 0 radical (unpaired) electrons. The molecular weight excluding hydrogens is 296 g/mol. The first-order valence-electron chi connectivity index (χ1n) is 8.26. The summed E-state index contributed by atoms with van der Waals surface area (Å²) in [5.74, 6) is 0.0567. The van der Waals surface area contributed by atoms with Crippen LogP contribution in [0.3, 0.4) is 0 Å². The number of hydrogen-bond acceptors (Lipinski definition) is 3. The average Bonchev–Trinajstić information content (AvgIpc) is 3.19. The number of aryl methyl sites for hydroxylation is 1. The molecule has 5 heteroatoms. The van der Waals surface area contributed by atoms with E-state index in [1.54, 1.807) is 11.3 Å². The lowest BCUT2D eigenvalue weighted by atomic mass is 10.1. The smallest absolute Gasteiger partial charge is 0.225 e. The molecule has 2 fully saturated rings. The number of rotatable bonds is 5. The molecule has 1 N–H and O–H groups in total. The van der Waals surface area contributed by atoms with E-state index in [4.69, 9.17) is 0 Å². The van der Waals surface area contributed by atoms with Gasteiger partial charge in [0, 0.05) is 35.3 Å². The topological polar surface area (TPSA) is 49.4 Å². The van der Waals surface area contributed by atoms with Crippen LogP contribution in [-0.2, 0) is 16.0 Å². The molecule has 2 aliphatic rings. The van der Waals surface area contributed by atoms with Crippen LogP contribution in [0.25, 0.3) is 0 Å². The van der Waals surface area contributed by atoms with E-state index in [1.807, 2.05) is 4.90 Å². The second-order valence-corrected chi connectivity index (χ2v) is 7.81. The first-order valence-corrected chi connectivity index (χ1v) is 9.07. The summed E-state index contributed by atoms with van der Waals surface area (Å²) in [5, 5.41) is 3.00. The van der Waals surface area contributed by atoms with Crippen molar-refractivity contribution in [3.63, 3.8) is 0 Å². The van der Waals surface area contributed by atoms with Gasteiger partial charge >= 0.3 is 0 Å². The SMILES string of the molecule is Cc1ccc(CCNC(=O)[C@H]2CC(=O)N(C3CCCC3)C2)s1. The van der Waals surface area contributed by atoms with Gasteiger partial charge in [0.05, 0.1) is 5.92 Å². The van der Waals surface area contributed by atoms with E-state index in [-0.39, 0.29) is 17.7 Å². The summed E-state index contributed by atoms with van der Waals surface area (Å²) in [6.07, 6.45) is 5.91. The van der Waals surface area contributed by atoms with Gasteiger partial charge in [-0.3, -0.25) is 9.59 Å². The molecule has 0 unspecified atom stereocenters. The average molecular weight is 320 g/mol. The zero-order valence-corrected chi connectivity index (χ0v) is 14.0. The molecule has 2 heterocycles. The third kappa shape index (κ3) is 3.51. The van der Waals surface area contributed by atoms with Gasteiger partial charge in [0.1, 0.15) is 0 Å². The van der Waals surface area contributed by atoms with E-state index in [2.05, 4.69) is 24.4 Å². The highest BCUT2D eigenvalue weighted by Crippen LogP contribution is 2.29. The van der Waals surface area contributed by atoms with Crippen molar-refractivity contribution in [1.29, 1.82) is 0 Å². The fourth-order valence-corrected chi connectivity index (χ4v) is 4.44. The molecular formula is C17H24N2O2S. The quantitative estimate of drug-likeness (QED) is 0.906. The Balaban J connectivity index is 1.45. The molecule has 1 aromatic rings. The van der Waals surface area contributed by atoms with E-state index < -0.39 is 0 Å². The Labute approximate surface area is 135 Å². The molecule has 0 aromatic carbocycles. The number of hydrogen-bond donors (Lipinski definition) is 1. The lowest BCUT2D eigenvalue weighted by molar-refractivity contribution is -0.130. The molecule has 0 bridgehead atoms. The number of likely N-dealkylation sites (tertiary alicyclic amines) is 1. The van der Waals surface area contributed by atoms with E-state index >= 15 is 0 Å². The van der Waals surface area contributed by atoms with E-state index in [0.29, 0.717) is 25.6 Å². The molecule has 0 spiro atoms.